The summed E-state index contributed by atoms with van der Waals surface area (Å²) >= 11 is 3.39. The van der Waals surface area contributed by atoms with E-state index in [-0.39, 0.29) is 0 Å². The molecule has 1 nitrogen and oxygen atoms in total. The van der Waals surface area contributed by atoms with Crippen molar-refractivity contribution in [1.29, 1.82) is 0 Å². The lowest BCUT2D eigenvalue weighted by Crippen LogP contribution is -1.66. The minimum absolute atomic E-state index is 1.36. The lowest BCUT2D eigenvalue weighted by Gasteiger charge is -1.86. The van der Waals surface area contributed by atoms with E-state index in [2.05, 4.69) is 25.7 Å². The molecule has 0 radical (unpaired) electrons. The molecule has 0 aromatic carbocycles. The highest BCUT2D eigenvalue weighted by Crippen LogP contribution is 1.95. The minimum atomic E-state index is 1.36. The summed E-state index contributed by atoms with van der Waals surface area (Å²) in [4.78, 5) is 0. The van der Waals surface area contributed by atoms with Crippen molar-refractivity contribution in [3.63, 3.8) is 0 Å². The molecule has 0 amide bonds. The third-order valence-corrected chi connectivity index (χ3v) is 0.957. The van der Waals surface area contributed by atoms with Gasteiger partial charge in [-0.05, 0) is 0 Å². The van der Waals surface area contributed by atoms with Crippen LogP contribution in [0.15, 0.2) is 0 Å². The molecule has 0 spiro atoms. The van der Waals surface area contributed by atoms with Crippen LogP contribution in [0.25, 0.3) is 0 Å². The first-order valence-electron chi connectivity index (χ1n) is 3.07. The van der Waals surface area contributed by atoms with E-state index in [0.29, 0.717) is 0 Å². The molecular weight excluding hydrogens is 124 g/mol. The van der Waals surface area contributed by atoms with E-state index in [4.69, 9.17) is 4.66 Å². The number of hydrogen-bond acceptors (Lipinski definition) is 1. The van der Waals surface area contributed by atoms with Crippen molar-refractivity contribution in [2.24, 2.45) is 0 Å². The van der Waals surface area contributed by atoms with E-state index in [1.165, 1.54) is 25.7 Å². The van der Waals surface area contributed by atoms with E-state index in [9.17, 15) is 0 Å². The van der Waals surface area contributed by atoms with Gasteiger partial charge < -0.3 is 4.66 Å². The average molecular weight is 138 g/mol. The second kappa shape index (κ2) is 15.7. The average Bonchev–Trinajstić information content (AvgIpc) is 1.88. The summed E-state index contributed by atoms with van der Waals surface area (Å²) in [6.07, 6.45) is 5.54. The van der Waals surface area contributed by atoms with E-state index in [1.54, 1.807) is 0 Å². The molecule has 0 unspecified atom stereocenters. The van der Waals surface area contributed by atoms with Crippen LogP contribution in [-0.2, 0) is 0 Å². The fourth-order valence-corrected chi connectivity index (χ4v) is 0.500. The second-order valence-electron chi connectivity index (χ2n) is 1.71. The van der Waals surface area contributed by atoms with Gasteiger partial charge in [0.15, 0.2) is 0 Å². The molecule has 8 heavy (non-hydrogen) atoms. The summed E-state index contributed by atoms with van der Waals surface area (Å²) < 4.78 is 7.72. The Hall–Kier alpha value is 0.250. The SMILES string of the molecule is CCCCCC.[O-]Cl. The summed E-state index contributed by atoms with van der Waals surface area (Å²) in [5.41, 5.74) is 0. The molecule has 0 aromatic rings. The predicted molar refractivity (Wildman–Crippen MR) is 35.7 cm³/mol. The van der Waals surface area contributed by atoms with Crippen molar-refractivity contribution in [3.05, 3.63) is 0 Å². The number of rotatable bonds is 3. The molecule has 0 rings (SSSR count). The molecule has 0 aliphatic carbocycles. The van der Waals surface area contributed by atoms with Gasteiger partial charge in [0.2, 0.25) is 0 Å². The molecule has 0 saturated carbocycles. The third-order valence-electron chi connectivity index (χ3n) is 0.957. The van der Waals surface area contributed by atoms with Crippen LogP contribution in [0.2, 0.25) is 0 Å². The van der Waals surface area contributed by atoms with E-state index >= 15 is 0 Å². The quantitative estimate of drug-likeness (QED) is 0.547. The molecule has 2 heteroatoms. The number of unbranched alkanes of at least 4 members (excludes halogenated alkanes) is 3. The first-order valence-corrected chi connectivity index (χ1v) is 3.38. The van der Waals surface area contributed by atoms with Crippen LogP contribution >= 0.6 is 11.9 Å². The minimum Gasteiger partial charge on any atom is -0.769 e. The monoisotopic (exact) mass is 137 g/mol. The molecule has 0 aromatic heterocycles. The summed E-state index contributed by atoms with van der Waals surface area (Å²) in [7, 11) is 0. The Balaban J connectivity index is 0. The summed E-state index contributed by atoms with van der Waals surface area (Å²) in [6.45, 7) is 4.46. The largest absolute Gasteiger partial charge is 0.769 e. The van der Waals surface area contributed by atoms with Crippen molar-refractivity contribution in [1.82, 2.24) is 0 Å². The van der Waals surface area contributed by atoms with Crippen LogP contribution in [0.4, 0.5) is 0 Å². The lowest BCUT2D eigenvalue weighted by atomic mass is 10.2. The van der Waals surface area contributed by atoms with Crippen LogP contribution < -0.4 is 4.66 Å². The Morgan fingerprint density at radius 2 is 1.25 bits per heavy atom. The summed E-state index contributed by atoms with van der Waals surface area (Å²) in [5.74, 6) is 0. The van der Waals surface area contributed by atoms with Gasteiger partial charge in [0.25, 0.3) is 0 Å². The molecule has 52 valence electrons. The maximum atomic E-state index is 7.72. The molecule has 0 N–H and O–H groups in total. The van der Waals surface area contributed by atoms with Crippen molar-refractivity contribution in [2.45, 2.75) is 39.5 Å². The fourth-order valence-electron chi connectivity index (χ4n) is 0.500. The zero-order valence-electron chi connectivity index (χ0n) is 5.61. The number of hydrogen-bond donors (Lipinski definition) is 0. The zero-order chi connectivity index (χ0) is 6.83. The third kappa shape index (κ3) is 16.3. The predicted octanol–water partition coefficient (Wildman–Crippen LogP) is 2.09. The standard InChI is InChI=1S/C6H14.ClO/c1-3-5-6-4-2;1-2/h3-6H2,1-2H3;/q;-1. The van der Waals surface area contributed by atoms with Gasteiger partial charge in [-0.3, -0.25) is 0 Å². The van der Waals surface area contributed by atoms with Gasteiger partial charge >= 0.3 is 0 Å². The lowest BCUT2D eigenvalue weighted by molar-refractivity contribution is -0.166. The van der Waals surface area contributed by atoms with Gasteiger partial charge in [-0.25, -0.2) is 11.9 Å². The summed E-state index contributed by atoms with van der Waals surface area (Å²) in [5, 5.41) is 0. The molecule has 0 atom stereocenters. The highest BCUT2D eigenvalue weighted by molar-refractivity contribution is 6.02. The van der Waals surface area contributed by atoms with Crippen molar-refractivity contribution in [2.75, 3.05) is 0 Å². The molecule has 0 heterocycles. The zero-order valence-corrected chi connectivity index (χ0v) is 6.37. The maximum absolute atomic E-state index is 7.72. The topological polar surface area (TPSA) is 23.1 Å². The van der Waals surface area contributed by atoms with Crippen molar-refractivity contribution in [3.8, 4) is 0 Å². The van der Waals surface area contributed by atoms with Gasteiger partial charge in [0.1, 0.15) is 0 Å². The smallest absolute Gasteiger partial charge is 0.0536 e. The van der Waals surface area contributed by atoms with E-state index in [1.807, 2.05) is 0 Å². The Morgan fingerprint density at radius 1 is 1.00 bits per heavy atom. The van der Waals surface area contributed by atoms with Gasteiger partial charge in [0.05, 0.1) is 0 Å². The molecule has 0 aliphatic heterocycles. The van der Waals surface area contributed by atoms with Crippen LogP contribution in [-0.4, -0.2) is 0 Å². The van der Waals surface area contributed by atoms with Crippen molar-refractivity contribution >= 4 is 11.9 Å². The highest BCUT2D eigenvalue weighted by Gasteiger charge is 1.75. The molecule has 0 aliphatic rings. The fraction of sp³-hybridized carbons (Fsp3) is 1.00. The maximum Gasteiger partial charge on any atom is -0.0536 e. The molecule has 0 bridgehead atoms. The van der Waals surface area contributed by atoms with Gasteiger partial charge in [0, 0.05) is 0 Å². The molecular formula is C6H14ClO-. The van der Waals surface area contributed by atoms with Crippen LogP contribution in [0.5, 0.6) is 0 Å². The summed E-state index contributed by atoms with van der Waals surface area (Å²) in [6, 6.07) is 0. The van der Waals surface area contributed by atoms with Crippen LogP contribution in [0.3, 0.4) is 0 Å². The van der Waals surface area contributed by atoms with Crippen LogP contribution in [0.1, 0.15) is 39.5 Å². The molecule has 0 saturated heterocycles. The van der Waals surface area contributed by atoms with Crippen molar-refractivity contribution < 1.29 is 4.66 Å². The second-order valence-corrected chi connectivity index (χ2v) is 1.71. The van der Waals surface area contributed by atoms with Gasteiger partial charge in [-0.15, -0.1) is 0 Å². The Bertz CT molecular complexity index is 20.5. The van der Waals surface area contributed by atoms with Gasteiger partial charge in [-0.2, -0.15) is 0 Å². The van der Waals surface area contributed by atoms with E-state index in [0.717, 1.165) is 0 Å². The van der Waals surface area contributed by atoms with E-state index < -0.39 is 0 Å². The molecule has 0 fully saturated rings. The van der Waals surface area contributed by atoms with Gasteiger partial charge in [-0.1, -0.05) is 39.5 Å². The van der Waals surface area contributed by atoms with Crippen LogP contribution in [0, 0.1) is 0 Å². The number of halogens is 1. The first kappa shape index (κ1) is 11.1. The Kier molecular flexibility index (Phi) is 21.8. The normalized spacial score (nSPS) is 7.50. The Morgan fingerprint density at radius 3 is 1.38 bits per heavy atom. The Labute approximate surface area is 56.8 Å². The highest BCUT2D eigenvalue weighted by atomic mass is 35.5. The first-order chi connectivity index (χ1) is 3.91.